The van der Waals surface area contributed by atoms with Crippen LogP contribution in [0.1, 0.15) is 74.9 Å². The maximum Gasteiger partial charge on any atom is 0.182 e. The summed E-state index contributed by atoms with van der Waals surface area (Å²) < 4.78 is 6.78. The van der Waals surface area contributed by atoms with E-state index in [2.05, 4.69) is 234 Å². The second-order valence-corrected chi connectivity index (χ2v) is 24.1. The van der Waals surface area contributed by atoms with E-state index in [9.17, 15) is 0 Å². The molecule has 4 heterocycles. The zero-order chi connectivity index (χ0) is 43.3. The molecule has 0 aliphatic carbocycles. The van der Waals surface area contributed by atoms with Crippen molar-refractivity contribution in [2.24, 2.45) is 0 Å². The zero-order valence-electron chi connectivity index (χ0n) is 37.3. The summed E-state index contributed by atoms with van der Waals surface area (Å²) in [6.45, 7) is 14.1. The molecule has 9 aromatic rings. The van der Waals surface area contributed by atoms with E-state index in [1.807, 2.05) is 0 Å². The molecule has 0 unspecified atom stereocenters. The zero-order valence-corrected chi connectivity index (χ0v) is 38.3. The highest BCUT2D eigenvalue weighted by molar-refractivity contribution is 7.24. The van der Waals surface area contributed by atoms with Gasteiger partial charge in [0.1, 0.15) is 11.5 Å². The van der Waals surface area contributed by atoms with Crippen molar-refractivity contribution in [2.75, 3.05) is 4.90 Å². The molecule has 0 radical (unpaired) electrons. The van der Waals surface area contributed by atoms with Crippen LogP contribution in [0.4, 0.5) is 17.1 Å². The van der Waals surface area contributed by atoms with Crippen LogP contribution in [0.3, 0.4) is 0 Å². The second kappa shape index (κ2) is 12.8. The minimum absolute atomic E-state index is 0.000113. The maximum absolute atomic E-state index is 6.78. The predicted molar refractivity (Wildman–Crippen MR) is 270 cm³/mol. The van der Waals surface area contributed by atoms with E-state index in [0.29, 0.717) is 0 Å². The summed E-state index contributed by atoms with van der Waals surface area (Å²) >= 11 is 0. The first-order valence-corrected chi connectivity index (χ1v) is 24.8. The summed E-state index contributed by atoms with van der Waals surface area (Å²) in [5.74, 6) is 1.80. The van der Waals surface area contributed by atoms with Crippen molar-refractivity contribution in [1.29, 1.82) is 0 Å². The molecule has 2 nitrogen and oxygen atoms in total. The average molecular weight is 840 g/mol. The average Bonchev–Trinajstić information content (AvgIpc) is 3.77. The van der Waals surface area contributed by atoms with Crippen LogP contribution in [0.15, 0.2) is 188 Å². The molecule has 13 rings (SSSR count). The molecule has 3 heteroatoms. The highest BCUT2D eigenvalue weighted by Gasteiger charge is 2.56. The molecule has 308 valence electrons. The SMILES string of the molecule is CC(C)(C)c1ccc2c(c1)[Si]1(c3ccccc3-c3ccc(N4c5ccccc5C5(c6ccccc6Oc6ccccc65)c5cc6ccccc6cc54)cc31)c1cc(C(C)(C)C)ccc1-2. The Morgan fingerprint density at radius 3 is 1.50 bits per heavy atom. The fourth-order valence-corrected chi connectivity index (χ4v) is 17.8. The van der Waals surface area contributed by atoms with Gasteiger partial charge in [-0.1, -0.05) is 187 Å². The third-order valence-electron chi connectivity index (χ3n) is 15.0. The van der Waals surface area contributed by atoms with Gasteiger partial charge in [-0.25, -0.2) is 0 Å². The Morgan fingerprint density at radius 2 is 0.875 bits per heavy atom. The monoisotopic (exact) mass is 839 g/mol. The van der Waals surface area contributed by atoms with Gasteiger partial charge in [-0.3, -0.25) is 0 Å². The second-order valence-electron chi connectivity index (χ2n) is 20.5. The molecule has 0 saturated carbocycles. The highest BCUT2D eigenvalue weighted by Crippen LogP contribution is 2.63. The van der Waals surface area contributed by atoms with Crippen molar-refractivity contribution < 1.29 is 4.74 Å². The predicted octanol–water partition coefficient (Wildman–Crippen LogP) is 13.0. The number of fused-ring (bicyclic) bond motifs is 19. The normalized spacial score (nSPS) is 15.4. The minimum Gasteiger partial charge on any atom is -0.457 e. The Labute approximate surface area is 377 Å². The van der Waals surface area contributed by atoms with Crippen LogP contribution >= 0.6 is 0 Å². The van der Waals surface area contributed by atoms with Gasteiger partial charge in [0.25, 0.3) is 0 Å². The first kappa shape index (κ1) is 37.6. The third kappa shape index (κ3) is 4.80. The van der Waals surface area contributed by atoms with E-state index in [0.717, 1.165) is 22.6 Å². The first-order chi connectivity index (χ1) is 31.0. The molecular weight excluding hydrogens is 791 g/mol. The van der Waals surface area contributed by atoms with Crippen LogP contribution in [0, 0.1) is 0 Å². The van der Waals surface area contributed by atoms with E-state index in [1.54, 1.807) is 0 Å². The number of benzene rings is 9. The number of anilines is 3. The molecule has 0 aromatic heterocycles. The third-order valence-corrected chi connectivity index (χ3v) is 19.9. The van der Waals surface area contributed by atoms with Crippen LogP contribution in [0.2, 0.25) is 0 Å². The Hall–Kier alpha value is -6.94. The van der Waals surface area contributed by atoms with Gasteiger partial charge >= 0.3 is 0 Å². The summed E-state index contributed by atoms with van der Waals surface area (Å²) in [4.78, 5) is 2.59. The fraction of sp³-hybridized carbons (Fsp3) is 0.148. The molecule has 0 saturated heterocycles. The quantitative estimate of drug-likeness (QED) is 0.153. The van der Waals surface area contributed by atoms with Crippen LogP contribution in [-0.2, 0) is 16.2 Å². The first-order valence-electron chi connectivity index (χ1n) is 22.8. The lowest BCUT2D eigenvalue weighted by Crippen LogP contribution is -2.71. The van der Waals surface area contributed by atoms with Crippen LogP contribution in [0.25, 0.3) is 33.0 Å². The van der Waals surface area contributed by atoms with Crippen molar-refractivity contribution >= 4 is 56.7 Å². The van der Waals surface area contributed by atoms with Crippen molar-refractivity contribution in [1.82, 2.24) is 0 Å². The summed E-state index contributed by atoms with van der Waals surface area (Å²) in [6, 6.07) is 72.0. The van der Waals surface area contributed by atoms with Gasteiger partial charge in [0.2, 0.25) is 0 Å². The van der Waals surface area contributed by atoms with Crippen LogP contribution in [-0.4, -0.2) is 8.07 Å². The number of rotatable bonds is 1. The Kier molecular flexibility index (Phi) is 7.54. The van der Waals surface area contributed by atoms with Gasteiger partial charge in [-0.2, -0.15) is 0 Å². The summed E-state index contributed by atoms with van der Waals surface area (Å²) in [5.41, 5.74) is 16.0. The van der Waals surface area contributed by atoms with Crippen molar-refractivity contribution in [3.8, 4) is 33.8 Å². The Bertz CT molecular complexity index is 3360. The smallest absolute Gasteiger partial charge is 0.182 e. The molecule has 2 spiro atoms. The topological polar surface area (TPSA) is 12.5 Å². The van der Waals surface area contributed by atoms with Gasteiger partial charge in [0.15, 0.2) is 8.07 Å². The number of para-hydroxylation sites is 3. The standard InChI is InChI=1S/C61H49NOSi/c1-59(2,3)40-27-30-44-45-31-28-41(60(4,5)6)36-57(45)64(56(44)35-40)55-26-16-9-19-43(55)46-32-29-42(37-58(46)64)62-51-23-13-10-20-47(51)61(50-33-38-17-7-8-18-39(38)34-52(50)62)48-21-11-14-24-53(48)63-54-25-15-12-22-49(54)61/h7-37H,1-6H3. The molecule has 4 aliphatic heterocycles. The molecule has 0 atom stereocenters. The summed E-state index contributed by atoms with van der Waals surface area (Å²) in [5, 5.41) is 8.45. The van der Waals surface area contributed by atoms with E-state index in [1.165, 1.54) is 93.1 Å². The number of ether oxygens (including phenoxy) is 1. The highest BCUT2D eigenvalue weighted by atomic mass is 28.3. The summed E-state index contributed by atoms with van der Waals surface area (Å²) in [7, 11) is -2.87. The van der Waals surface area contributed by atoms with Crippen molar-refractivity contribution in [3.63, 3.8) is 0 Å². The molecule has 64 heavy (non-hydrogen) atoms. The van der Waals surface area contributed by atoms with Crippen LogP contribution in [0.5, 0.6) is 11.5 Å². The number of nitrogens with zero attached hydrogens (tertiary/aromatic N) is 1. The van der Waals surface area contributed by atoms with Gasteiger partial charge in [0, 0.05) is 16.8 Å². The van der Waals surface area contributed by atoms with E-state index < -0.39 is 13.5 Å². The molecule has 0 N–H and O–H groups in total. The van der Waals surface area contributed by atoms with E-state index in [4.69, 9.17) is 4.74 Å². The van der Waals surface area contributed by atoms with Gasteiger partial charge in [-0.15, -0.1) is 0 Å². The number of hydrogen-bond acceptors (Lipinski definition) is 2. The van der Waals surface area contributed by atoms with Gasteiger partial charge in [-0.05, 0) is 129 Å². The molecule has 9 aromatic carbocycles. The van der Waals surface area contributed by atoms with Crippen LogP contribution < -0.4 is 30.4 Å². The van der Waals surface area contributed by atoms with E-state index in [-0.39, 0.29) is 10.8 Å². The Balaban J connectivity index is 1.14. The van der Waals surface area contributed by atoms with Gasteiger partial charge in [0.05, 0.1) is 16.8 Å². The Morgan fingerprint density at radius 1 is 0.391 bits per heavy atom. The minimum atomic E-state index is -2.87. The van der Waals surface area contributed by atoms with Crippen molar-refractivity contribution in [2.45, 2.75) is 57.8 Å². The molecule has 0 fully saturated rings. The summed E-state index contributed by atoms with van der Waals surface area (Å²) in [6.07, 6.45) is 0. The lowest BCUT2D eigenvalue weighted by molar-refractivity contribution is 0.434. The number of hydrogen-bond donors (Lipinski definition) is 0. The largest absolute Gasteiger partial charge is 0.457 e. The molecule has 0 amide bonds. The molecular formula is C61H49NOSi. The fourth-order valence-electron chi connectivity index (χ4n) is 12.1. The lowest BCUT2D eigenvalue weighted by atomic mass is 9.61. The lowest BCUT2D eigenvalue weighted by Gasteiger charge is -2.48. The molecule has 0 bridgehead atoms. The maximum atomic E-state index is 6.78. The van der Waals surface area contributed by atoms with E-state index >= 15 is 0 Å². The molecule has 4 aliphatic rings. The van der Waals surface area contributed by atoms with Crippen molar-refractivity contribution in [3.05, 3.63) is 221 Å². The van der Waals surface area contributed by atoms with Gasteiger partial charge < -0.3 is 9.64 Å².